The van der Waals surface area contributed by atoms with Gasteiger partial charge in [-0.25, -0.2) is 0 Å². The van der Waals surface area contributed by atoms with Crippen LogP contribution in [0.2, 0.25) is 0 Å². The zero-order chi connectivity index (χ0) is 14.5. The lowest BCUT2D eigenvalue weighted by molar-refractivity contribution is -0.127. The van der Waals surface area contributed by atoms with Gasteiger partial charge in [-0.05, 0) is 37.1 Å². The first-order chi connectivity index (χ1) is 8.88. The highest BCUT2D eigenvalue weighted by Gasteiger charge is 2.35. The molecule has 1 aliphatic carbocycles. The van der Waals surface area contributed by atoms with E-state index >= 15 is 0 Å². The highest BCUT2D eigenvalue weighted by atomic mass is 16.3. The minimum absolute atomic E-state index is 0.205. The standard InChI is InChI=1S/C16H31NO2/c1-5-17(9-6-10-18)12-13-11-14(16(2,3)4)7-8-15(13)19/h13-14,18H,5-12H2,1-4H3. The summed E-state index contributed by atoms with van der Waals surface area (Å²) in [4.78, 5) is 14.4. The summed E-state index contributed by atoms with van der Waals surface area (Å²) in [7, 11) is 0. The van der Waals surface area contributed by atoms with Crippen molar-refractivity contribution in [1.29, 1.82) is 0 Å². The second-order valence-corrected chi connectivity index (χ2v) is 6.97. The van der Waals surface area contributed by atoms with Crippen LogP contribution in [0.1, 0.15) is 53.4 Å². The Bertz CT molecular complexity index is 283. The van der Waals surface area contributed by atoms with Gasteiger partial charge in [-0.1, -0.05) is 27.7 Å². The highest BCUT2D eigenvalue weighted by Crippen LogP contribution is 2.39. The molecular weight excluding hydrogens is 238 g/mol. The van der Waals surface area contributed by atoms with Gasteiger partial charge in [0, 0.05) is 32.0 Å². The van der Waals surface area contributed by atoms with Gasteiger partial charge in [0.25, 0.3) is 0 Å². The summed E-state index contributed by atoms with van der Waals surface area (Å²) in [6, 6.07) is 0. The van der Waals surface area contributed by atoms with Gasteiger partial charge in [-0.2, -0.15) is 0 Å². The fourth-order valence-electron chi connectivity index (χ4n) is 3.06. The summed E-state index contributed by atoms with van der Waals surface area (Å²) in [6.07, 6.45) is 3.65. The molecule has 19 heavy (non-hydrogen) atoms. The third kappa shape index (κ3) is 5.23. The fraction of sp³-hybridized carbons (Fsp3) is 0.938. The minimum atomic E-state index is 0.205. The second-order valence-electron chi connectivity index (χ2n) is 6.97. The van der Waals surface area contributed by atoms with Crippen molar-refractivity contribution in [3.05, 3.63) is 0 Å². The van der Waals surface area contributed by atoms with Crippen molar-refractivity contribution >= 4 is 5.78 Å². The van der Waals surface area contributed by atoms with Crippen LogP contribution in [0.4, 0.5) is 0 Å². The summed E-state index contributed by atoms with van der Waals surface area (Å²) in [5.41, 5.74) is 0.307. The maximum atomic E-state index is 12.1. The number of Topliss-reactive ketones (excluding diaryl/α,β-unsaturated/α-hetero) is 1. The molecule has 0 heterocycles. The van der Waals surface area contributed by atoms with Crippen LogP contribution in [0.25, 0.3) is 0 Å². The summed E-state index contributed by atoms with van der Waals surface area (Å²) < 4.78 is 0. The van der Waals surface area contributed by atoms with E-state index in [1.807, 2.05) is 0 Å². The van der Waals surface area contributed by atoms with Crippen LogP contribution in [-0.4, -0.2) is 42.0 Å². The van der Waals surface area contributed by atoms with Crippen molar-refractivity contribution < 1.29 is 9.90 Å². The molecule has 3 heteroatoms. The van der Waals surface area contributed by atoms with E-state index in [0.717, 1.165) is 45.3 Å². The van der Waals surface area contributed by atoms with E-state index in [0.29, 0.717) is 17.1 Å². The summed E-state index contributed by atoms with van der Waals surface area (Å²) in [5, 5.41) is 8.92. The Kier molecular flexibility index (Phi) is 6.48. The lowest BCUT2D eigenvalue weighted by Gasteiger charge is -2.38. The molecule has 3 nitrogen and oxygen atoms in total. The molecule has 2 unspecified atom stereocenters. The molecule has 1 rings (SSSR count). The number of hydrogen-bond acceptors (Lipinski definition) is 3. The molecule has 0 saturated heterocycles. The second kappa shape index (κ2) is 7.39. The Labute approximate surface area is 118 Å². The molecular formula is C16H31NO2. The Morgan fingerprint density at radius 2 is 2.05 bits per heavy atom. The molecule has 1 aliphatic rings. The number of rotatable bonds is 6. The summed E-state index contributed by atoms with van der Waals surface area (Å²) in [5.74, 6) is 1.31. The third-order valence-electron chi connectivity index (χ3n) is 4.55. The van der Waals surface area contributed by atoms with Gasteiger partial charge in [0.15, 0.2) is 0 Å². The SMILES string of the molecule is CCN(CCCO)CC1CC(C(C)(C)C)CCC1=O. The van der Waals surface area contributed by atoms with Gasteiger partial charge in [-0.15, -0.1) is 0 Å². The smallest absolute Gasteiger partial charge is 0.137 e. The normalized spacial score (nSPS) is 25.1. The predicted octanol–water partition coefficient (Wildman–Crippen LogP) is 2.72. The lowest BCUT2D eigenvalue weighted by Crippen LogP contribution is -2.39. The zero-order valence-corrected chi connectivity index (χ0v) is 13.1. The topological polar surface area (TPSA) is 40.5 Å². The monoisotopic (exact) mass is 269 g/mol. The molecule has 2 atom stereocenters. The quantitative estimate of drug-likeness (QED) is 0.806. The molecule has 1 fully saturated rings. The van der Waals surface area contributed by atoms with Crippen molar-refractivity contribution in [2.75, 3.05) is 26.2 Å². The van der Waals surface area contributed by atoms with Crippen LogP contribution in [0.3, 0.4) is 0 Å². The van der Waals surface area contributed by atoms with Crippen molar-refractivity contribution in [1.82, 2.24) is 4.90 Å². The third-order valence-corrected chi connectivity index (χ3v) is 4.55. The Hall–Kier alpha value is -0.410. The number of aliphatic hydroxyl groups is 1. The minimum Gasteiger partial charge on any atom is -0.396 e. The fourth-order valence-corrected chi connectivity index (χ4v) is 3.06. The van der Waals surface area contributed by atoms with E-state index in [9.17, 15) is 4.79 Å². The summed E-state index contributed by atoms with van der Waals surface area (Å²) >= 11 is 0. The van der Waals surface area contributed by atoms with Crippen LogP contribution in [0.15, 0.2) is 0 Å². The molecule has 0 spiro atoms. The number of hydrogen-bond donors (Lipinski definition) is 1. The molecule has 0 aromatic carbocycles. The predicted molar refractivity (Wildman–Crippen MR) is 79.1 cm³/mol. The molecule has 1 saturated carbocycles. The van der Waals surface area contributed by atoms with Crippen LogP contribution in [0, 0.1) is 17.3 Å². The average molecular weight is 269 g/mol. The molecule has 0 radical (unpaired) electrons. The largest absolute Gasteiger partial charge is 0.396 e. The van der Waals surface area contributed by atoms with Gasteiger partial charge in [0.05, 0.1) is 0 Å². The van der Waals surface area contributed by atoms with E-state index in [2.05, 4.69) is 32.6 Å². The van der Waals surface area contributed by atoms with Crippen molar-refractivity contribution in [3.63, 3.8) is 0 Å². The summed E-state index contributed by atoms with van der Waals surface area (Å²) in [6.45, 7) is 12.0. The van der Waals surface area contributed by atoms with Crippen LogP contribution in [-0.2, 0) is 4.79 Å². The number of nitrogens with zero attached hydrogens (tertiary/aromatic N) is 1. The van der Waals surface area contributed by atoms with Gasteiger partial charge in [0.1, 0.15) is 5.78 Å². The van der Waals surface area contributed by atoms with Gasteiger partial charge in [-0.3, -0.25) is 4.79 Å². The Morgan fingerprint density at radius 1 is 1.37 bits per heavy atom. The maximum absolute atomic E-state index is 12.1. The van der Waals surface area contributed by atoms with Crippen LogP contribution in [0.5, 0.6) is 0 Å². The maximum Gasteiger partial charge on any atom is 0.137 e. The first kappa shape index (κ1) is 16.6. The molecule has 1 N–H and O–H groups in total. The van der Waals surface area contributed by atoms with Crippen LogP contribution < -0.4 is 0 Å². The molecule has 0 aromatic heterocycles. The Balaban J connectivity index is 2.56. The number of carbonyl (C=O) groups excluding carboxylic acids is 1. The van der Waals surface area contributed by atoms with Crippen molar-refractivity contribution in [2.24, 2.45) is 17.3 Å². The highest BCUT2D eigenvalue weighted by molar-refractivity contribution is 5.82. The first-order valence-electron chi connectivity index (χ1n) is 7.74. The van der Waals surface area contributed by atoms with E-state index in [1.165, 1.54) is 0 Å². The van der Waals surface area contributed by atoms with Crippen molar-refractivity contribution in [2.45, 2.75) is 53.4 Å². The zero-order valence-electron chi connectivity index (χ0n) is 13.1. The van der Waals surface area contributed by atoms with Gasteiger partial charge >= 0.3 is 0 Å². The van der Waals surface area contributed by atoms with Gasteiger partial charge < -0.3 is 10.0 Å². The van der Waals surface area contributed by atoms with Crippen molar-refractivity contribution in [3.8, 4) is 0 Å². The average Bonchev–Trinajstić information content (AvgIpc) is 2.35. The number of carbonyl (C=O) groups is 1. The molecule has 0 aromatic rings. The van der Waals surface area contributed by atoms with Crippen LogP contribution >= 0.6 is 0 Å². The molecule has 0 bridgehead atoms. The van der Waals surface area contributed by atoms with E-state index < -0.39 is 0 Å². The molecule has 0 aliphatic heterocycles. The first-order valence-corrected chi connectivity index (χ1v) is 7.74. The Morgan fingerprint density at radius 3 is 2.58 bits per heavy atom. The van der Waals surface area contributed by atoms with Gasteiger partial charge in [0.2, 0.25) is 0 Å². The lowest BCUT2D eigenvalue weighted by atomic mass is 9.68. The van der Waals surface area contributed by atoms with E-state index in [-0.39, 0.29) is 12.5 Å². The number of aliphatic hydroxyl groups excluding tert-OH is 1. The molecule has 112 valence electrons. The van der Waals surface area contributed by atoms with E-state index in [1.54, 1.807) is 0 Å². The number of ketones is 1. The molecule has 0 amide bonds. The van der Waals surface area contributed by atoms with E-state index in [4.69, 9.17) is 5.11 Å².